The Morgan fingerprint density at radius 3 is 2.58 bits per heavy atom. The maximum atomic E-state index is 12.7. The number of anilines is 3. The molecule has 1 heterocycles. The zero-order valence-electron chi connectivity index (χ0n) is 13.3. The van der Waals surface area contributed by atoms with Crippen LogP contribution in [0, 0.1) is 0 Å². The predicted molar refractivity (Wildman–Crippen MR) is 92.1 cm³/mol. The predicted octanol–water partition coefficient (Wildman–Crippen LogP) is 2.99. The van der Waals surface area contributed by atoms with Crippen LogP contribution in [-0.2, 0) is 17.4 Å². The van der Waals surface area contributed by atoms with Gasteiger partial charge in [0.15, 0.2) is 0 Å². The Morgan fingerprint density at radius 2 is 1.85 bits per heavy atom. The van der Waals surface area contributed by atoms with E-state index in [1.54, 1.807) is 18.2 Å². The number of nitrogens with one attached hydrogen (secondary N) is 1. The number of fused-ring (bicyclic) bond motifs is 1. The number of nitrogens with zero attached hydrogens (tertiary/aromatic N) is 2. The molecule has 0 radical (unpaired) electrons. The van der Waals surface area contributed by atoms with Gasteiger partial charge in [-0.05, 0) is 29.8 Å². The number of alkyl halides is 3. The zero-order chi connectivity index (χ0) is 18.9. The van der Waals surface area contributed by atoms with E-state index in [0.29, 0.717) is 16.6 Å². The van der Waals surface area contributed by atoms with E-state index < -0.39 is 17.6 Å². The summed E-state index contributed by atoms with van der Waals surface area (Å²) in [6.07, 6.45) is -4.65. The van der Waals surface area contributed by atoms with Crippen molar-refractivity contribution >= 4 is 34.3 Å². The highest BCUT2D eigenvalue weighted by Crippen LogP contribution is 2.29. The quantitative estimate of drug-likeness (QED) is 0.665. The fraction of sp³-hybridized carbons (Fsp3) is 0.118. The van der Waals surface area contributed by atoms with Crippen molar-refractivity contribution in [2.45, 2.75) is 12.6 Å². The lowest BCUT2D eigenvalue weighted by Crippen LogP contribution is -2.15. The summed E-state index contributed by atoms with van der Waals surface area (Å²) < 4.78 is 38.2. The third kappa shape index (κ3) is 3.82. The second kappa shape index (κ2) is 6.51. The summed E-state index contributed by atoms with van der Waals surface area (Å²) in [5, 5.41) is 3.13. The van der Waals surface area contributed by atoms with Gasteiger partial charge in [-0.25, -0.2) is 4.98 Å². The Kier molecular flexibility index (Phi) is 4.37. The van der Waals surface area contributed by atoms with E-state index in [1.165, 1.54) is 12.1 Å². The van der Waals surface area contributed by atoms with Crippen LogP contribution in [0.4, 0.5) is 30.6 Å². The van der Waals surface area contributed by atoms with Gasteiger partial charge in [0, 0.05) is 11.1 Å². The molecule has 0 fully saturated rings. The smallest absolute Gasteiger partial charge is 0.383 e. The van der Waals surface area contributed by atoms with Crippen LogP contribution in [0.2, 0.25) is 0 Å². The first-order chi connectivity index (χ1) is 12.2. The summed E-state index contributed by atoms with van der Waals surface area (Å²) in [4.78, 5) is 20.0. The van der Waals surface area contributed by atoms with Gasteiger partial charge in [0.1, 0.15) is 5.82 Å². The molecular weight excluding hydrogens is 347 g/mol. The van der Waals surface area contributed by atoms with Gasteiger partial charge in [0.05, 0.1) is 17.5 Å². The molecule has 1 amide bonds. The van der Waals surface area contributed by atoms with Gasteiger partial charge in [-0.15, -0.1) is 0 Å². The monoisotopic (exact) mass is 361 g/mol. The summed E-state index contributed by atoms with van der Waals surface area (Å²) in [5.74, 6) is -0.253. The topological polar surface area (TPSA) is 107 Å². The number of hydrogen-bond acceptors (Lipinski definition) is 5. The Bertz CT molecular complexity index is 988. The largest absolute Gasteiger partial charge is 0.416 e. The number of halogens is 3. The lowest BCUT2D eigenvalue weighted by Gasteiger charge is -2.10. The van der Waals surface area contributed by atoms with Crippen LogP contribution in [0.25, 0.3) is 10.9 Å². The number of benzene rings is 2. The summed E-state index contributed by atoms with van der Waals surface area (Å²) in [7, 11) is 0. The molecule has 0 aliphatic heterocycles. The number of carbonyl (C=O) groups excluding carboxylic acids is 1. The number of hydrogen-bond donors (Lipinski definition) is 3. The molecule has 26 heavy (non-hydrogen) atoms. The Morgan fingerprint density at radius 1 is 1.08 bits per heavy atom. The van der Waals surface area contributed by atoms with Gasteiger partial charge in [-0.2, -0.15) is 18.2 Å². The molecule has 134 valence electrons. The van der Waals surface area contributed by atoms with Gasteiger partial charge in [0.2, 0.25) is 11.9 Å². The van der Waals surface area contributed by atoms with Gasteiger partial charge in [-0.3, -0.25) is 4.79 Å². The number of carbonyl (C=O) groups is 1. The highest BCUT2D eigenvalue weighted by Gasteiger charge is 2.30. The number of rotatable bonds is 3. The molecular formula is C17H14F3N5O. The molecule has 5 N–H and O–H groups in total. The van der Waals surface area contributed by atoms with Crippen LogP contribution in [0.1, 0.15) is 11.1 Å². The molecule has 0 spiro atoms. The summed E-state index contributed by atoms with van der Waals surface area (Å²) in [6.45, 7) is 0. The van der Waals surface area contributed by atoms with E-state index >= 15 is 0 Å². The van der Waals surface area contributed by atoms with Crippen LogP contribution in [0.15, 0.2) is 42.5 Å². The molecule has 0 unspecified atom stereocenters. The SMILES string of the molecule is Nc1nc(N)c2cc(NC(=O)Cc3cccc(C(F)(F)F)c3)ccc2n1. The van der Waals surface area contributed by atoms with Crippen molar-refractivity contribution in [1.29, 1.82) is 0 Å². The molecule has 0 saturated carbocycles. The van der Waals surface area contributed by atoms with Gasteiger partial charge in [-0.1, -0.05) is 18.2 Å². The lowest BCUT2D eigenvalue weighted by atomic mass is 10.1. The van der Waals surface area contributed by atoms with Crippen LogP contribution < -0.4 is 16.8 Å². The van der Waals surface area contributed by atoms with Crippen LogP contribution >= 0.6 is 0 Å². The van der Waals surface area contributed by atoms with Crippen LogP contribution in [0.3, 0.4) is 0 Å². The normalized spacial score (nSPS) is 11.5. The van der Waals surface area contributed by atoms with E-state index in [0.717, 1.165) is 12.1 Å². The first kappa shape index (κ1) is 17.5. The lowest BCUT2D eigenvalue weighted by molar-refractivity contribution is -0.137. The number of amides is 1. The highest BCUT2D eigenvalue weighted by molar-refractivity contribution is 5.97. The molecule has 9 heteroatoms. The maximum absolute atomic E-state index is 12.7. The molecule has 2 aromatic carbocycles. The molecule has 3 aromatic rings. The van der Waals surface area contributed by atoms with Crippen LogP contribution in [0.5, 0.6) is 0 Å². The highest BCUT2D eigenvalue weighted by atomic mass is 19.4. The number of nitrogen functional groups attached to an aromatic ring is 2. The number of aromatic nitrogens is 2. The standard InChI is InChI=1S/C17H14F3N5O/c18-17(19,20)10-3-1-2-9(6-10)7-14(26)23-11-4-5-13-12(8-11)15(21)25-16(22)24-13/h1-6,8H,7H2,(H,23,26)(H4,21,22,24,25). The molecule has 3 rings (SSSR count). The van der Waals surface area contributed by atoms with Crippen molar-refractivity contribution < 1.29 is 18.0 Å². The van der Waals surface area contributed by atoms with Gasteiger partial charge < -0.3 is 16.8 Å². The van der Waals surface area contributed by atoms with Crippen molar-refractivity contribution in [2.24, 2.45) is 0 Å². The Hall–Kier alpha value is -3.36. The van der Waals surface area contributed by atoms with E-state index in [-0.39, 0.29) is 23.8 Å². The fourth-order valence-electron chi connectivity index (χ4n) is 2.50. The average molecular weight is 361 g/mol. The van der Waals surface area contributed by atoms with Crippen molar-refractivity contribution in [1.82, 2.24) is 9.97 Å². The molecule has 6 nitrogen and oxygen atoms in total. The fourth-order valence-corrected chi connectivity index (χ4v) is 2.50. The van der Waals surface area contributed by atoms with Crippen molar-refractivity contribution in [3.63, 3.8) is 0 Å². The molecule has 0 aliphatic rings. The molecule has 0 atom stereocenters. The Balaban J connectivity index is 1.77. The Labute approximate surface area is 146 Å². The first-order valence-electron chi connectivity index (χ1n) is 7.51. The van der Waals surface area contributed by atoms with E-state index in [1.807, 2.05) is 0 Å². The average Bonchev–Trinajstić information content (AvgIpc) is 2.55. The summed E-state index contributed by atoms with van der Waals surface area (Å²) in [5.41, 5.74) is 11.7. The second-order valence-electron chi connectivity index (χ2n) is 5.62. The number of nitrogens with two attached hydrogens (primary N) is 2. The van der Waals surface area contributed by atoms with Gasteiger partial charge in [0.25, 0.3) is 0 Å². The molecule has 0 saturated heterocycles. The molecule has 0 bridgehead atoms. The van der Waals surface area contributed by atoms with Crippen molar-refractivity contribution in [2.75, 3.05) is 16.8 Å². The zero-order valence-corrected chi connectivity index (χ0v) is 13.3. The van der Waals surface area contributed by atoms with Crippen LogP contribution in [-0.4, -0.2) is 15.9 Å². The van der Waals surface area contributed by atoms with Crippen molar-refractivity contribution in [3.05, 3.63) is 53.6 Å². The van der Waals surface area contributed by atoms with Crippen molar-refractivity contribution in [3.8, 4) is 0 Å². The van der Waals surface area contributed by atoms with Gasteiger partial charge >= 0.3 is 6.18 Å². The third-order valence-corrected chi connectivity index (χ3v) is 3.65. The molecule has 0 aliphatic carbocycles. The minimum atomic E-state index is -4.45. The maximum Gasteiger partial charge on any atom is 0.416 e. The minimum Gasteiger partial charge on any atom is -0.383 e. The summed E-state index contributed by atoms with van der Waals surface area (Å²) >= 11 is 0. The first-order valence-corrected chi connectivity index (χ1v) is 7.51. The van der Waals surface area contributed by atoms with E-state index in [9.17, 15) is 18.0 Å². The second-order valence-corrected chi connectivity index (χ2v) is 5.62. The van der Waals surface area contributed by atoms with E-state index in [4.69, 9.17) is 11.5 Å². The third-order valence-electron chi connectivity index (χ3n) is 3.65. The molecule has 1 aromatic heterocycles. The minimum absolute atomic E-state index is 0.0383. The van der Waals surface area contributed by atoms with E-state index in [2.05, 4.69) is 15.3 Å². The summed E-state index contributed by atoms with van der Waals surface area (Å²) in [6, 6.07) is 9.43.